The Bertz CT molecular complexity index is 754. The zero-order chi connectivity index (χ0) is 15.3. The molecule has 114 valence electrons. The minimum atomic E-state index is -0.605. The van der Waals surface area contributed by atoms with Gasteiger partial charge in [-0.15, -0.1) is 0 Å². The maximum absolute atomic E-state index is 12.6. The molecule has 0 saturated carbocycles. The highest BCUT2D eigenvalue weighted by Gasteiger charge is 2.45. The van der Waals surface area contributed by atoms with Crippen LogP contribution < -0.4 is 5.32 Å². The first-order valence-electron chi connectivity index (χ1n) is 7.47. The zero-order valence-electron chi connectivity index (χ0n) is 12.0. The number of amides is 2. The molecule has 1 aromatic heterocycles. The molecule has 0 radical (unpaired) electrons. The van der Waals surface area contributed by atoms with Crippen LogP contribution in [0.5, 0.6) is 0 Å². The summed E-state index contributed by atoms with van der Waals surface area (Å²) in [6.45, 7) is 0.251. The van der Waals surface area contributed by atoms with Gasteiger partial charge in [-0.3, -0.25) is 9.59 Å². The summed E-state index contributed by atoms with van der Waals surface area (Å²) in [4.78, 5) is 29.4. The van der Waals surface area contributed by atoms with E-state index in [0.717, 1.165) is 16.5 Å². The summed E-state index contributed by atoms with van der Waals surface area (Å²) in [5, 5.41) is 13.6. The Hall–Kier alpha value is -2.34. The molecule has 2 amide bonds. The molecular formula is C16H17N3O3. The highest BCUT2D eigenvalue weighted by molar-refractivity contribution is 5.98. The van der Waals surface area contributed by atoms with Gasteiger partial charge in [-0.2, -0.15) is 0 Å². The van der Waals surface area contributed by atoms with E-state index < -0.39 is 18.2 Å². The maximum atomic E-state index is 12.6. The molecule has 0 unspecified atom stereocenters. The SMILES string of the molecule is O=C1N[C@@H](Cc2c[nH]c3ccccc23)C(=O)N2C[C@H](O)C[C@@H]12. The van der Waals surface area contributed by atoms with Crippen molar-refractivity contribution in [3.63, 3.8) is 0 Å². The summed E-state index contributed by atoms with van der Waals surface area (Å²) < 4.78 is 0. The number of aromatic amines is 1. The van der Waals surface area contributed by atoms with Crippen LogP contribution in [0, 0.1) is 0 Å². The molecule has 3 N–H and O–H groups in total. The van der Waals surface area contributed by atoms with Crippen molar-refractivity contribution >= 4 is 22.7 Å². The van der Waals surface area contributed by atoms with E-state index in [9.17, 15) is 14.7 Å². The highest BCUT2D eigenvalue weighted by Crippen LogP contribution is 2.25. The molecule has 0 bridgehead atoms. The van der Waals surface area contributed by atoms with Crippen LogP contribution in [-0.4, -0.2) is 51.5 Å². The van der Waals surface area contributed by atoms with Gasteiger partial charge in [-0.1, -0.05) is 18.2 Å². The fourth-order valence-electron chi connectivity index (χ4n) is 3.49. The Morgan fingerprint density at radius 2 is 2.09 bits per heavy atom. The summed E-state index contributed by atoms with van der Waals surface area (Å²) in [7, 11) is 0. The molecule has 0 spiro atoms. The van der Waals surface area contributed by atoms with Crippen LogP contribution in [0.3, 0.4) is 0 Å². The highest BCUT2D eigenvalue weighted by atomic mass is 16.3. The average molecular weight is 299 g/mol. The number of carbonyl (C=O) groups is 2. The van der Waals surface area contributed by atoms with Crippen molar-refractivity contribution in [2.24, 2.45) is 0 Å². The molecule has 1 aromatic carbocycles. The third-order valence-electron chi connectivity index (χ3n) is 4.58. The van der Waals surface area contributed by atoms with E-state index in [1.54, 1.807) is 0 Å². The lowest BCUT2D eigenvalue weighted by Gasteiger charge is -2.34. The van der Waals surface area contributed by atoms with Gasteiger partial charge in [0.2, 0.25) is 11.8 Å². The number of carbonyl (C=O) groups excluding carboxylic acids is 2. The summed E-state index contributed by atoms with van der Waals surface area (Å²) in [6, 6.07) is 6.81. The quantitative estimate of drug-likeness (QED) is 0.739. The van der Waals surface area contributed by atoms with Crippen LogP contribution in [0.25, 0.3) is 10.9 Å². The number of hydrogen-bond donors (Lipinski definition) is 3. The molecule has 3 atom stereocenters. The number of aromatic nitrogens is 1. The van der Waals surface area contributed by atoms with Gasteiger partial charge < -0.3 is 20.3 Å². The van der Waals surface area contributed by atoms with Crippen molar-refractivity contribution in [2.75, 3.05) is 6.54 Å². The fraction of sp³-hybridized carbons (Fsp3) is 0.375. The predicted molar refractivity (Wildman–Crippen MR) is 80.1 cm³/mol. The number of benzene rings is 1. The number of fused-ring (bicyclic) bond motifs is 2. The monoisotopic (exact) mass is 299 g/mol. The molecule has 2 aliphatic rings. The molecule has 6 nitrogen and oxygen atoms in total. The number of rotatable bonds is 2. The van der Waals surface area contributed by atoms with Crippen LogP contribution in [0.4, 0.5) is 0 Å². The van der Waals surface area contributed by atoms with Crippen molar-refractivity contribution in [2.45, 2.75) is 31.0 Å². The smallest absolute Gasteiger partial charge is 0.246 e. The third-order valence-corrected chi connectivity index (χ3v) is 4.58. The van der Waals surface area contributed by atoms with Crippen LogP contribution in [0.1, 0.15) is 12.0 Å². The number of aliphatic hydroxyl groups excluding tert-OH is 1. The minimum Gasteiger partial charge on any atom is -0.391 e. The molecule has 3 heterocycles. The largest absolute Gasteiger partial charge is 0.391 e. The predicted octanol–water partition coefficient (Wildman–Crippen LogP) is 0.171. The second-order valence-corrected chi connectivity index (χ2v) is 6.02. The number of nitrogens with one attached hydrogen (secondary N) is 2. The van der Waals surface area contributed by atoms with E-state index in [1.165, 1.54) is 4.90 Å². The summed E-state index contributed by atoms with van der Waals surface area (Å²) in [6.07, 6.45) is 2.06. The topological polar surface area (TPSA) is 85.4 Å². The minimum absolute atomic E-state index is 0.105. The first kappa shape index (κ1) is 13.3. The Kier molecular flexibility index (Phi) is 2.94. The van der Waals surface area contributed by atoms with E-state index in [4.69, 9.17) is 0 Å². The van der Waals surface area contributed by atoms with Gasteiger partial charge in [-0.05, 0) is 11.6 Å². The van der Waals surface area contributed by atoms with Gasteiger partial charge >= 0.3 is 0 Å². The second kappa shape index (κ2) is 4.84. The Labute approximate surface area is 127 Å². The molecule has 2 aliphatic heterocycles. The van der Waals surface area contributed by atoms with Crippen LogP contribution in [-0.2, 0) is 16.0 Å². The van der Waals surface area contributed by atoms with E-state index >= 15 is 0 Å². The van der Waals surface area contributed by atoms with Crippen molar-refractivity contribution in [1.29, 1.82) is 0 Å². The molecule has 0 aliphatic carbocycles. The first-order chi connectivity index (χ1) is 10.6. The zero-order valence-corrected chi connectivity index (χ0v) is 12.0. The lowest BCUT2D eigenvalue weighted by molar-refractivity contribution is -0.147. The van der Waals surface area contributed by atoms with Crippen LogP contribution >= 0.6 is 0 Å². The number of piperazine rings is 1. The summed E-state index contributed by atoms with van der Waals surface area (Å²) in [5.74, 6) is -0.271. The first-order valence-corrected chi connectivity index (χ1v) is 7.47. The molecule has 2 aromatic rings. The number of nitrogens with zero attached hydrogens (tertiary/aromatic N) is 1. The Morgan fingerprint density at radius 1 is 1.27 bits per heavy atom. The summed E-state index contributed by atoms with van der Waals surface area (Å²) >= 11 is 0. The Morgan fingerprint density at radius 3 is 2.95 bits per heavy atom. The number of hydrogen-bond acceptors (Lipinski definition) is 3. The van der Waals surface area contributed by atoms with E-state index in [1.807, 2.05) is 30.5 Å². The van der Waals surface area contributed by atoms with E-state index in [-0.39, 0.29) is 18.4 Å². The lowest BCUT2D eigenvalue weighted by atomic mass is 10.0. The second-order valence-electron chi connectivity index (χ2n) is 6.02. The van der Waals surface area contributed by atoms with Gasteiger partial charge in [0.1, 0.15) is 12.1 Å². The average Bonchev–Trinajstić information content (AvgIpc) is 3.09. The number of para-hydroxylation sites is 1. The molecule has 2 saturated heterocycles. The van der Waals surface area contributed by atoms with Crippen molar-refractivity contribution in [1.82, 2.24) is 15.2 Å². The molecule has 2 fully saturated rings. The van der Waals surface area contributed by atoms with Crippen molar-refractivity contribution in [3.05, 3.63) is 36.0 Å². The van der Waals surface area contributed by atoms with Gasteiger partial charge in [0.25, 0.3) is 0 Å². The van der Waals surface area contributed by atoms with E-state index in [0.29, 0.717) is 12.8 Å². The molecular weight excluding hydrogens is 282 g/mol. The standard InChI is InChI=1S/C16H17N3O3/c20-10-6-14-15(21)18-13(16(22)19(14)8-10)5-9-7-17-12-4-2-1-3-11(9)12/h1-4,7,10,13-14,17,20H,5-6,8H2,(H,18,21)/t10-,13+,14+/m1/s1. The van der Waals surface area contributed by atoms with E-state index in [2.05, 4.69) is 10.3 Å². The maximum Gasteiger partial charge on any atom is 0.246 e. The normalized spacial score (nSPS) is 28.0. The van der Waals surface area contributed by atoms with Crippen LogP contribution in [0.15, 0.2) is 30.5 Å². The summed E-state index contributed by atoms with van der Waals surface area (Å²) in [5.41, 5.74) is 2.02. The lowest BCUT2D eigenvalue weighted by Crippen LogP contribution is -2.61. The van der Waals surface area contributed by atoms with Gasteiger partial charge in [-0.25, -0.2) is 0 Å². The third kappa shape index (κ3) is 1.99. The fourth-order valence-corrected chi connectivity index (χ4v) is 3.49. The number of H-pyrrole nitrogens is 1. The molecule has 4 rings (SSSR count). The van der Waals surface area contributed by atoms with Gasteiger partial charge in [0.05, 0.1) is 6.10 Å². The molecule has 6 heteroatoms. The number of aliphatic hydroxyl groups is 1. The van der Waals surface area contributed by atoms with Crippen LogP contribution in [0.2, 0.25) is 0 Å². The van der Waals surface area contributed by atoms with Crippen molar-refractivity contribution < 1.29 is 14.7 Å². The van der Waals surface area contributed by atoms with Gasteiger partial charge in [0, 0.05) is 36.5 Å². The van der Waals surface area contributed by atoms with Crippen molar-refractivity contribution in [3.8, 4) is 0 Å². The molecule has 22 heavy (non-hydrogen) atoms. The Balaban J connectivity index is 1.60. The van der Waals surface area contributed by atoms with Gasteiger partial charge in [0.15, 0.2) is 0 Å².